The van der Waals surface area contributed by atoms with Gasteiger partial charge in [0.2, 0.25) is 11.8 Å². The normalized spacial score (nSPS) is 15.0. The Morgan fingerprint density at radius 2 is 1.63 bits per heavy atom. The second-order valence-electron chi connectivity index (χ2n) is 11.2. The lowest BCUT2D eigenvalue weighted by molar-refractivity contribution is -0.118. The Kier molecular flexibility index (Phi) is 10.3. The summed E-state index contributed by atoms with van der Waals surface area (Å²) in [6.07, 6.45) is 3.20. The number of ether oxygens (including phenoxy) is 1. The Balaban J connectivity index is 1.43. The molecule has 1 fully saturated rings. The molecule has 0 aromatic heterocycles. The average molecular weight is 556 g/mol. The molecule has 4 rings (SSSR count). The zero-order valence-corrected chi connectivity index (χ0v) is 24.2. The van der Waals surface area contributed by atoms with Gasteiger partial charge in [0.25, 0.3) is 0 Å². The summed E-state index contributed by atoms with van der Waals surface area (Å²) < 4.78 is 5.45. The van der Waals surface area contributed by atoms with E-state index < -0.39 is 6.04 Å². The van der Waals surface area contributed by atoms with Crippen molar-refractivity contribution in [3.8, 4) is 0 Å². The van der Waals surface area contributed by atoms with Crippen LogP contribution in [0.1, 0.15) is 43.5 Å². The van der Waals surface area contributed by atoms with Crippen molar-refractivity contribution in [1.29, 1.82) is 0 Å². The third kappa shape index (κ3) is 9.01. The first kappa shape index (κ1) is 30.0. The molecule has 0 radical (unpaired) electrons. The van der Waals surface area contributed by atoms with Crippen LogP contribution in [0.3, 0.4) is 0 Å². The lowest BCUT2D eigenvalue weighted by Gasteiger charge is -2.27. The summed E-state index contributed by atoms with van der Waals surface area (Å²) in [7, 11) is 0. The van der Waals surface area contributed by atoms with Gasteiger partial charge in [-0.05, 0) is 52.4 Å². The Bertz CT molecular complexity index is 1320. The number of carbonyl (C=O) groups excluding carboxylic acids is 2. The van der Waals surface area contributed by atoms with Crippen LogP contribution in [0.15, 0.2) is 78.9 Å². The molecule has 8 nitrogen and oxygen atoms in total. The minimum Gasteiger partial charge on any atom is -0.397 e. The highest BCUT2D eigenvalue weighted by Gasteiger charge is 2.21. The number of anilines is 3. The smallest absolute Gasteiger partial charge is 0.248 e. The van der Waals surface area contributed by atoms with Gasteiger partial charge in [-0.2, -0.15) is 0 Å². The number of nitrogens with one attached hydrogen (secondary N) is 3. The third-order valence-electron chi connectivity index (χ3n) is 7.08. The zero-order chi connectivity index (χ0) is 29.2. The van der Waals surface area contributed by atoms with Gasteiger partial charge >= 0.3 is 0 Å². The van der Waals surface area contributed by atoms with Crippen LogP contribution in [-0.4, -0.2) is 56.1 Å². The fraction of sp³-hybridized carbons (Fsp3) is 0.333. The van der Waals surface area contributed by atoms with Gasteiger partial charge in [0.1, 0.15) is 6.04 Å². The molecule has 0 bridgehead atoms. The fourth-order valence-electron chi connectivity index (χ4n) is 4.58. The predicted octanol–water partition coefficient (Wildman–Crippen LogP) is 4.82. The maximum atomic E-state index is 13.5. The second-order valence-corrected chi connectivity index (χ2v) is 11.2. The zero-order valence-electron chi connectivity index (χ0n) is 24.2. The van der Waals surface area contributed by atoms with E-state index in [2.05, 4.69) is 53.8 Å². The van der Waals surface area contributed by atoms with Crippen molar-refractivity contribution < 1.29 is 14.3 Å². The molecule has 0 spiro atoms. The van der Waals surface area contributed by atoms with Crippen LogP contribution in [0.2, 0.25) is 0 Å². The second kappa shape index (κ2) is 14.1. The van der Waals surface area contributed by atoms with Gasteiger partial charge in [-0.1, -0.05) is 69.3 Å². The molecule has 0 saturated carbocycles. The molecule has 41 heavy (non-hydrogen) atoms. The van der Waals surface area contributed by atoms with Crippen molar-refractivity contribution in [2.24, 2.45) is 0 Å². The highest BCUT2D eigenvalue weighted by molar-refractivity contribution is 6.03. The molecule has 1 heterocycles. The van der Waals surface area contributed by atoms with Gasteiger partial charge in [-0.25, -0.2) is 0 Å². The van der Waals surface area contributed by atoms with Crippen LogP contribution in [0.25, 0.3) is 6.08 Å². The summed E-state index contributed by atoms with van der Waals surface area (Å²) in [4.78, 5) is 28.2. The lowest BCUT2D eigenvalue weighted by atomic mass is 9.87. The summed E-state index contributed by atoms with van der Waals surface area (Å²) in [5.41, 5.74) is 10.7. The number of nitrogens with zero attached hydrogens (tertiary/aromatic N) is 1. The summed E-state index contributed by atoms with van der Waals surface area (Å²) in [5, 5.41) is 9.32. The molecule has 8 heteroatoms. The molecule has 2 amide bonds. The number of para-hydroxylation sites is 2. The van der Waals surface area contributed by atoms with Crippen molar-refractivity contribution in [3.63, 3.8) is 0 Å². The molecule has 1 atom stereocenters. The summed E-state index contributed by atoms with van der Waals surface area (Å²) in [5.74, 6) is -0.398. The third-order valence-corrected chi connectivity index (χ3v) is 7.08. The number of nitrogens with two attached hydrogens (primary N) is 1. The van der Waals surface area contributed by atoms with E-state index >= 15 is 0 Å². The standard InChI is InChI=1S/C33H41N5O3/c1-33(2,3)26-13-15-27(16-14-26)36-32(40)31(35-18-19-38-20-22-41-23-21-38)25-11-8-24(9-12-25)10-17-30(39)37-29-7-5-4-6-28(29)34/h4-17,31,35H,18-23,34H2,1-3H3,(H,36,40)(H,37,39)/b17-10+. The van der Waals surface area contributed by atoms with Crippen molar-refractivity contribution in [1.82, 2.24) is 10.2 Å². The molecule has 1 unspecified atom stereocenters. The highest BCUT2D eigenvalue weighted by atomic mass is 16.5. The SMILES string of the molecule is CC(C)(C)c1ccc(NC(=O)C(NCCN2CCOCC2)c2ccc(/C=C/C(=O)Nc3ccccc3N)cc2)cc1. The van der Waals surface area contributed by atoms with Gasteiger partial charge in [0, 0.05) is 37.9 Å². The Hall–Kier alpha value is -3.98. The number of morpholine rings is 1. The van der Waals surface area contributed by atoms with E-state index in [1.807, 2.05) is 48.5 Å². The van der Waals surface area contributed by atoms with Crippen LogP contribution < -0.4 is 21.7 Å². The quantitative estimate of drug-likeness (QED) is 0.211. The number of rotatable bonds is 10. The Morgan fingerprint density at radius 3 is 2.29 bits per heavy atom. The predicted molar refractivity (Wildman–Crippen MR) is 167 cm³/mol. The van der Waals surface area contributed by atoms with Gasteiger partial charge in [-0.3, -0.25) is 14.5 Å². The van der Waals surface area contributed by atoms with Crippen LogP contribution in [0.5, 0.6) is 0 Å². The Morgan fingerprint density at radius 1 is 0.951 bits per heavy atom. The summed E-state index contributed by atoms with van der Waals surface area (Å²) >= 11 is 0. The number of nitrogen functional groups attached to an aromatic ring is 1. The van der Waals surface area contributed by atoms with E-state index in [1.165, 1.54) is 11.6 Å². The fourth-order valence-corrected chi connectivity index (χ4v) is 4.58. The topological polar surface area (TPSA) is 109 Å². The van der Waals surface area contributed by atoms with E-state index in [1.54, 1.807) is 18.2 Å². The summed E-state index contributed by atoms with van der Waals surface area (Å²) in [6.45, 7) is 11.2. The van der Waals surface area contributed by atoms with E-state index in [0.29, 0.717) is 17.9 Å². The molecule has 3 aromatic rings. The van der Waals surface area contributed by atoms with E-state index in [4.69, 9.17) is 10.5 Å². The average Bonchev–Trinajstić information content (AvgIpc) is 2.96. The first-order chi connectivity index (χ1) is 19.7. The van der Waals surface area contributed by atoms with Crippen LogP contribution in [0.4, 0.5) is 17.1 Å². The first-order valence-electron chi connectivity index (χ1n) is 14.1. The minimum absolute atomic E-state index is 0.0396. The van der Waals surface area contributed by atoms with Crippen molar-refractivity contribution in [2.75, 3.05) is 55.8 Å². The molecule has 1 saturated heterocycles. The molecular formula is C33H41N5O3. The molecule has 5 N–H and O–H groups in total. The lowest BCUT2D eigenvalue weighted by Crippen LogP contribution is -2.42. The van der Waals surface area contributed by atoms with E-state index in [0.717, 1.165) is 49.7 Å². The van der Waals surface area contributed by atoms with E-state index in [9.17, 15) is 9.59 Å². The number of hydrogen-bond acceptors (Lipinski definition) is 6. The molecule has 1 aliphatic heterocycles. The number of hydrogen-bond donors (Lipinski definition) is 4. The monoisotopic (exact) mass is 555 g/mol. The molecule has 216 valence electrons. The van der Waals surface area contributed by atoms with Crippen LogP contribution >= 0.6 is 0 Å². The molecular weight excluding hydrogens is 514 g/mol. The highest BCUT2D eigenvalue weighted by Crippen LogP contribution is 2.24. The number of carbonyl (C=O) groups is 2. The van der Waals surface area contributed by atoms with Gasteiger partial charge in [0.05, 0.1) is 24.6 Å². The largest absolute Gasteiger partial charge is 0.397 e. The first-order valence-corrected chi connectivity index (χ1v) is 14.1. The van der Waals surface area contributed by atoms with Gasteiger partial charge in [0.15, 0.2) is 0 Å². The molecule has 3 aromatic carbocycles. The van der Waals surface area contributed by atoms with Crippen molar-refractivity contribution in [3.05, 3.63) is 95.6 Å². The van der Waals surface area contributed by atoms with Gasteiger partial charge < -0.3 is 26.4 Å². The Labute approximate surface area is 243 Å². The van der Waals surface area contributed by atoms with Crippen LogP contribution in [-0.2, 0) is 19.7 Å². The number of amides is 2. The van der Waals surface area contributed by atoms with Crippen molar-refractivity contribution in [2.45, 2.75) is 32.2 Å². The summed E-state index contributed by atoms with van der Waals surface area (Å²) in [6, 6.07) is 22.2. The van der Waals surface area contributed by atoms with Crippen LogP contribution in [0, 0.1) is 0 Å². The maximum Gasteiger partial charge on any atom is 0.248 e. The molecule has 0 aliphatic carbocycles. The molecule has 1 aliphatic rings. The van der Waals surface area contributed by atoms with Gasteiger partial charge in [-0.15, -0.1) is 0 Å². The van der Waals surface area contributed by atoms with E-state index in [-0.39, 0.29) is 17.2 Å². The minimum atomic E-state index is -0.541. The number of benzene rings is 3. The maximum absolute atomic E-state index is 13.5. The van der Waals surface area contributed by atoms with Crippen molar-refractivity contribution >= 4 is 35.0 Å².